The quantitative estimate of drug-likeness (QED) is 0.450. The van der Waals surface area contributed by atoms with Crippen LogP contribution >= 0.6 is 0 Å². The highest BCUT2D eigenvalue weighted by molar-refractivity contribution is 6.74. The van der Waals surface area contributed by atoms with E-state index in [2.05, 4.69) is 79.6 Å². The molecule has 0 fully saturated rings. The number of carbonyl (C=O) groups excluding carboxylic acids is 1. The molecule has 26 heavy (non-hydrogen) atoms. The third-order valence-electron chi connectivity index (χ3n) is 5.91. The fourth-order valence-corrected chi connectivity index (χ4v) is 3.77. The molecular formula is C19H41NO4Si2. The van der Waals surface area contributed by atoms with Gasteiger partial charge in [0.1, 0.15) is 5.54 Å². The zero-order valence-corrected chi connectivity index (χ0v) is 20.6. The van der Waals surface area contributed by atoms with Gasteiger partial charge in [-0.1, -0.05) is 48.1 Å². The Morgan fingerprint density at radius 3 is 1.54 bits per heavy atom. The molecule has 0 aromatic rings. The third kappa shape index (κ3) is 6.92. The van der Waals surface area contributed by atoms with Gasteiger partial charge in [-0.3, -0.25) is 4.79 Å². The zero-order chi connectivity index (χ0) is 21.0. The normalized spacial score (nSPS) is 14.3. The van der Waals surface area contributed by atoms with Crippen LogP contribution in [-0.4, -0.2) is 53.0 Å². The zero-order valence-electron chi connectivity index (χ0n) is 18.6. The molecule has 0 aliphatic rings. The summed E-state index contributed by atoms with van der Waals surface area (Å²) in [5.74, 6) is -0.336. The minimum absolute atomic E-state index is 0.0386. The molecule has 0 rings (SSSR count). The minimum Gasteiger partial charge on any atom is -0.414 e. The Morgan fingerprint density at radius 1 is 0.962 bits per heavy atom. The highest BCUT2D eigenvalue weighted by Crippen LogP contribution is 2.38. The van der Waals surface area contributed by atoms with E-state index in [0.29, 0.717) is 0 Å². The molecule has 2 N–H and O–H groups in total. The van der Waals surface area contributed by atoms with Crippen LogP contribution in [0.5, 0.6) is 0 Å². The van der Waals surface area contributed by atoms with Crippen LogP contribution in [0.1, 0.15) is 41.5 Å². The van der Waals surface area contributed by atoms with E-state index in [1.165, 1.54) is 6.08 Å². The average Bonchev–Trinajstić information content (AvgIpc) is 2.47. The van der Waals surface area contributed by atoms with Crippen LogP contribution in [0.15, 0.2) is 12.7 Å². The monoisotopic (exact) mass is 403 g/mol. The van der Waals surface area contributed by atoms with Crippen molar-refractivity contribution in [3.8, 4) is 0 Å². The van der Waals surface area contributed by atoms with Gasteiger partial charge in [0.2, 0.25) is 5.91 Å². The van der Waals surface area contributed by atoms with Gasteiger partial charge in [0.15, 0.2) is 16.6 Å². The van der Waals surface area contributed by atoms with E-state index in [1.54, 1.807) is 0 Å². The molecule has 0 saturated carbocycles. The number of hydrogen-bond donors (Lipinski definition) is 2. The fraction of sp³-hybridized carbons (Fsp3) is 0.842. The number of nitrogens with one attached hydrogen (secondary N) is 1. The molecule has 0 aliphatic carbocycles. The molecular weight excluding hydrogens is 362 g/mol. The Labute approximate surface area is 162 Å². The Morgan fingerprint density at radius 2 is 1.31 bits per heavy atom. The van der Waals surface area contributed by atoms with Crippen molar-refractivity contribution in [3.63, 3.8) is 0 Å². The van der Waals surface area contributed by atoms with Crippen LogP contribution in [0.25, 0.3) is 0 Å². The number of aliphatic hydroxyl groups excluding tert-OH is 1. The second-order valence-electron chi connectivity index (χ2n) is 10.2. The van der Waals surface area contributed by atoms with Gasteiger partial charge in [-0.05, 0) is 42.3 Å². The van der Waals surface area contributed by atoms with Gasteiger partial charge >= 0.3 is 0 Å². The van der Waals surface area contributed by atoms with Gasteiger partial charge in [0, 0.05) is 0 Å². The summed E-state index contributed by atoms with van der Waals surface area (Å²) in [7, 11) is -4.07. The molecule has 0 bridgehead atoms. The molecule has 7 heteroatoms. The predicted octanol–water partition coefficient (Wildman–Crippen LogP) is 4.06. The van der Waals surface area contributed by atoms with Crippen LogP contribution in [0.3, 0.4) is 0 Å². The lowest BCUT2D eigenvalue weighted by Crippen LogP contribution is -2.61. The van der Waals surface area contributed by atoms with Crippen molar-refractivity contribution in [1.82, 2.24) is 5.32 Å². The van der Waals surface area contributed by atoms with Gasteiger partial charge in [0.25, 0.3) is 0 Å². The van der Waals surface area contributed by atoms with Crippen molar-refractivity contribution in [2.75, 3.05) is 19.8 Å². The van der Waals surface area contributed by atoms with Crippen LogP contribution in [0, 0.1) is 0 Å². The van der Waals surface area contributed by atoms with E-state index in [9.17, 15) is 9.90 Å². The lowest BCUT2D eigenvalue weighted by molar-refractivity contribution is -0.120. The first kappa shape index (κ1) is 25.5. The first-order valence-corrected chi connectivity index (χ1v) is 15.1. The molecule has 154 valence electrons. The number of amides is 1. The second kappa shape index (κ2) is 8.69. The van der Waals surface area contributed by atoms with Crippen molar-refractivity contribution < 1.29 is 18.8 Å². The average molecular weight is 404 g/mol. The van der Waals surface area contributed by atoms with Crippen molar-refractivity contribution in [2.24, 2.45) is 0 Å². The molecule has 0 unspecified atom stereocenters. The smallest absolute Gasteiger partial charge is 0.244 e. The molecule has 0 atom stereocenters. The molecule has 0 aromatic heterocycles. The summed E-state index contributed by atoms with van der Waals surface area (Å²) >= 11 is 0. The molecule has 0 spiro atoms. The molecule has 0 aromatic carbocycles. The van der Waals surface area contributed by atoms with Gasteiger partial charge < -0.3 is 19.3 Å². The maximum atomic E-state index is 12.0. The Kier molecular flexibility index (Phi) is 8.53. The molecule has 0 radical (unpaired) electrons. The molecule has 5 nitrogen and oxygen atoms in total. The van der Waals surface area contributed by atoms with Crippen molar-refractivity contribution in [3.05, 3.63) is 12.7 Å². The van der Waals surface area contributed by atoms with Crippen LogP contribution in [-0.2, 0) is 13.6 Å². The highest BCUT2D eigenvalue weighted by Gasteiger charge is 2.43. The Balaban J connectivity index is 5.49. The van der Waals surface area contributed by atoms with Gasteiger partial charge in [-0.25, -0.2) is 0 Å². The highest BCUT2D eigenvalue weighted by atomic mass is 28.4. The maximum absolute atomic E-state index is 12.0. The van der Waals surface area contributed by atoms with Crippen molar-refractivity contribution in [2.45, 2.75) is 83.3 Å². The Hall–Kier alpha value is -0.476. The van der Waals surface area contributed by atoms with E-state index >= 15 is 0 Å². The summed E-state index contributed by atoms with van der Waals surface area (Å²) in [6.45, 7) is 25.3. The number of rotatable bonds is 9. The van der Waals surface area contributed by atoms with E-state index in [0.717, 1.165) is 0 Å². The first-order valence-electron chi connectivity index (χ1n) is 9.26. The first-order chi connectivity index (χ1) is 11.4. The van der Waals surface area contributed by atoms with E-state index < -0.39 is 22.2 Å². The van der Waals surface area contributed by atoms with Gasteiger partial charge in [-0.15, -0.1) is 0 Å². The third-order valence-corrected chi connectivity index (χ3v) is 14.9. The van der Waals surface area contributed by atoms with Gasteiger partial charge in [-0.2, -0.15) is 0 Å². The molecule has 1 amide bonds. The topological polar surface area (TPSA) is 67.8 Å². The molecule has 0 aliphatic heterocycles. The second-order valence-corrected chi connectivity index (χ2v) is 19.8. The van der Waals surface area contributed by atoms with Crippen molar-refractivity contribution in [1.29, 1.82) is 0 Å². The van der Waals surface area contributed by atoms with E-state index in [1.807, 2.05) is 0 Å². The summed E-state index contributed by atoms with van der Waals surface area (Å²) in [4.78, 5) is 12.0. The standard InChI is InChI=1S/C19H41NO4Si2/c1-12-16(22)20-19(13-21,14-23-25(8,9)17(2,3)4)15-24-26(10,11)18(5,6)7/h12,21H,1,13-15H2,2-11H3,(H,20,22). The molecule has 0 heterocycles. The number of carbonyl (C=O) groups is 1. The summed E-state index contributed by atoms with van der Waals surface area (Å²) in [5.41, 5.74) is -0.976. The van der Waals surface area contributed by atoms with E-state index in [-0.39, 0.29) is 35.8 Å². The van der Waals surface area contributed by atoms with Crippen LogP contribution < -0.4 is 5.32 Å². The summed E-state index contributed by atoms with van der Waals surface area (Å²) < 4.78 is 12.6. The molecule has 0 saturated heterocycles. The summed E-state index contributed by atoms with van der Waals surface area (Å²) in [5, 5.41) is 13.1. The van der Waals surface area contributed by atoms with Crippen LogP contribution in [0.2, 0.25) is 36.3 Å². The SMILES string of the molecule is C=CC(=O)NC(CO)(CO[Si](C)(C)C(C)(C)C)CO[Si](C)(C)C(C)(C)C. The van der Waals surface area contributed by atoms with E-state index in [4.69, 9.17) is 8.85 Å². The lowest BCUT2D eigenvalue weighted by atomic mass is 10.0. The minimum atomic E-state index is -2.04. The number of aliphatic hydroxyl groups is 1. The predicted molar refractivity (Wildman–Crippen MR) is 114 cm³/mol. The Bertz CT molecular complexity index is 461. The summed E-state index contributed by atoms with van der Waals surface area (Å²) in [6, 6.07) is 0. The fourth-order valence-electron chi connectivity index (χ4n) is 1.63. The van der Waals surface area contributed by atoms with Gasteiger partial charge in [0.05, 0.1) is 19.8 Å². The summed E-state index contributed by atoms with van der Waals surface area (Å²) in [6.07, 6.45) is 1.21. The lowest BCUT2D eigenvalue weighted by Gasteiger charge is -2.43. The van der Waals surface area contributed by atoms with Crippen molar-refractivity contribution >= 4 is 22.5 Å². The largest absolute Gasteiger partial charge is 0.414 e. The van der Waals surface area contributed by atoms with Crippen LogP contribution in [0.4, 0.5) is 0 Å². The number of hydrogen-bond acceptors (Lipinski definition) is 4. The maximum Gasteiger partial charge on any atom is 0.244 e.